The third-order valence-corrected chi connectivity index (χ3v) is 5.84. The smallest absolute Gasteiger partial charge is 0.336 e. The summed E-state index contributed by atoms with van der Waals surface area (Å²) < 4.78 is 5.36. The minimum Gasteiger partial charge on any atom is -0.508 e. The minimum atomic E-state index is -0.351. The van der Waals surface area contributed by atoms with Gasteiger partial charge in [0.15, 0.2) is 0 Å². The van der Waals surface area contributed by atoms with Crippen LogP contribution in [0.5, 0.6) is 5.75 Å². The summed E-state index contributed by atoms with van der Waals surface area (Å²) in [5, 5.41) is 10.8. The lowest BCUT2D eigenvalue weighted by atomic mass is 10.1. The zero-order valence-corrected chi connectivity index (χ0v) is 16.8. The molecule has 5 heteroatoms. The van der Waals surface area contributed by atoms with Crippen molar-refractivity contribution in [2.75, 3.05) is 32.7 Å². The fourth-order valence-corrected chi connectivity index (χ4v) is 4.10. The standard InChI is InChI=1S/C24H26N2O3/c1-18-22(27)10-9-21-20(16-23(28)29-24(18)21)17-26-14-12-25(13-15-26)11-5-8-19-6-3-2-4-7-19/h2-10,16,27H,11-15,17H2,1H3/p+2/b8-5+. The number of aryl methyl sites for hydroxylation is 1. The van der Waals surface area contributed by atoms with Crippen molar-refractivity contribution < 1.29 is 19.3 Å². The molecule has 29 heavy (non-hydrogen) atoms. The van der Waals surface area contributed by atoms with Crippen molar-refractivity contribution in [1.82, 2.24) is 0 Å². The second kappa shape index (κ2) is 8.64. The van der Waals surface area contributed by atoms with Crippen LogP contribution < -0.4 is 15.4 Å². The summed E-state index contributed by atoms with van der Waals surface area (Å²) in [6, 6.07) is 15.5. The molecule has 0 amide bonds. The fraction of sp³-hybridized carbons (Fsp3) is 0.292. The fourth-order valence-electron chi connectivity index (χ4n) is 4.10. The van der Waals surface area contributed by atoms with Crippen LogP contribution in [0.1, 0.15) is 16.7 Å². The van der Waals surface area contributed by atoms with E-state index >= 15 is 0 Å². The number of fused-ring (bicyclic) bond motifs is 1. The predicted octanol–water partition coefficient (Wildman–Crippen LogP) is 0.804. The highest BCUT2D eigenvalue weighted by Crippen LogP contribution is 2.27. The molecular weight excluding hydrogens is 364 g/mol. The topological polar surface area (TPSA) is 59.3 Å². The molecule has 0 aliphatic carbocycles. The van der Waals surface area contributed by atoms with Crippen LogP contribution in [-0.2, 0) is 6.54 Å². The van der Waals surface area contributed by atoms with E-state index in [-0.39, 0.29) is 11.4 Å². The van der Waals surface area contributed by atoms with E-state index in [1.54, 1.807) is 24.0 Å². The molecule has 1 aliphatic heterocycles. The Hall–Kier alpha value is -2.89. The lowest BCUT2D eigenvalue weighted by Crippen LogP contribution is -3.27. The van der Waals surface area contributed by atoms with Gasteiger partial charge in [-0.2, -0.15) is 0 Å². The Morgan fingerprint density at radius 2 is 1.76 bits per heavy atom. The van der Waals surface area contributed by atoms with Crippen LogP contribution in [0.15, 0.2) is 63.8 Å². The highest BCUT2D eigenvalue weighted by atomic mass is 16.4. The molecular formula is C24H28N2O3+2. The van der Waals surface area contributed by atoms with E-state index in [4.69, 9.17) is 4.42 Å². The molecule has 2 aromatic carbocycles. The zero-order valence-electron chi connectivity index (χ0n) is 16.8. The van der Waals surface area contributed by atoms with Gasteiger partial charge in [-0.15, -0.1) is 0 Å². The second-order valence-corrected chi connectivity index (χ2v) is 7.87. The maximum Gasteiger partial charge on any atom is 0.336 e. The van der Waals surface area contributed by atoms with Crippen LogP contribution in [-0.4, -0.2) is 37.8 Å². The summed E-state index contributed by atoms with van der Waals surface area (Å²) >= 11 is 0. The van der Waals surface area contributed by atoms with Crippen LogP contribution in [0.3, 0.4) is 0 Å². The first-order valence-electron chi connectivity index (χ1n) is 10.2. The highest BCUT2D eigenvalue weighted by Gasteiger charge is 2.23. The van der Waals surface area contributed by atoms with Crippen molar-refractivity contribution in [3.05, 3.63) is 81.7 Å². The van der Waals surface area contributed by atoms with E-state index in [2.05, 4.69) is 36.4 Å². The average molecular weight is 392 g/mol. The Bertz CT molecular complexity index is 1060. The predicted molar refractivity (Wildman–Crippen MR) is 114 cm³/mol. The first-order chi connectivity index (χ1) is 14.1. The van der Waals surface area contributed by atoms with E-state index in [0.717, 1.165) is 50.2 Å². The number of phenols is 1. The van der Waals surface area contributed by atoms with E-state index < -0.39 is 0 Å². The Labute approximate surface area is 170 Å². The molecule has 1 aromatic heterocycles. The van der Waals surface area contributed by atoms with E-state index in [0.29, 0.717) is 11.1 Å². The highest BCUT2D eigenvalue weighted by molar-refractivity contribution is 5.84. The van der Waals surface area contributed by atoms with Crippen molar-refractivity contribution in [2.45, 2.75) is 13.5 Å². The van der Waals surface area contributed by atoms with Gasteiger partial charge in [-0.1, -0.05) is 36.4 Å². The van der Waals surface area contributed by atoms with Gasteiger partial charge in [-0.3, -0.25) is 0 Å². The number of quaternary nitrogens is 2. The lowest BCUT2D eigenvalue weighted by molar-refractivity contribution is -1.02. The summed E-state index contributed by atoms with van der Waals surface area (Å²) in [6.45, 7) is 8.02. The summed E-state index contributed by atoms with van der Waals surface area (Å²) in [4.78, 5) is 15.1. The molecule has 0 atom stereocenters. The molecule has 4 rings (SSSR count). The Morgan fingerprint density at radius 3 is 2.52 bits per heavy atom. The third kappa shape index (κ3) is 4.58. The van der Waals surface area contributed by atoms with E-state index in [1.165, 1.54) is 10.5 Å². The molecule has 0 spiro atoms. The van der Waals surface area contributed by atoms with Crippen LogP contribution in [0.2, 0.25) is 0 Å². The maximum atomic E-state index is 12.0. The molecule has 0 bridgehead atoms. The van der Waals surface area contributed by atoms with Crippen molar-refractivity contribution in [2.24, 2.45) is 0 Å². The molecule has 0 radical (unpaired) electrons. The zero-order chi connectivity index (χ0) is 20.2. The molecule has 1 saturated heterocycles. The second-order valence-electron chi connectivity index (χ2n) is 7.87. The number of hydrogen-bond donors (Lipinski definition) is 3. The number of nitrogens with one attached hydrogen (secondary N) is 2. The summed E-state index contributed by atoms with van der Waals surface area (Å²) in [7, 11) is 0. The summed E-state index contributed by atoms with van der Waals surface area (Å²) in [6.07, 6.45) is 4.46. The maximum absolute atomic E-state index is 12.0. The molecule has 0 saturated carbocycles. The van der Waals surface area contributed by atoms with Crippen LogP contribution >= 0.6 is 0 Å². The van der Waals surface area contributed by atoms with Crippen molar-refractivity contribution in [3.8, 4) is 5.75 Å². The summed E-state index contributed by atoms with van der Waals surface area (Å²) in [5.41, 5.74) is 3.02. The Morgan fingerprint density at radius 1 is 1.03 bits per heavy atom. The number of aromatic hydroxyl groups is 1. The monoisotopic (exact) mass is 392 g/mol. The van der Waals surface area contributed by atoms with Gasteiger partial charge in [-0.25, -0.2) is 4.79 Å². The van der Waals surface area contributed by atoms with Gasteiger partial charge in [0.2, 0.25) is 0 Å². The number of rotatable bonds is 5. The largest absolute Gasteiger partial charge is 0.508 e. The third-order valence-electron chi connectivity index (χ3n) is 5.84. The molecule has 150 valence electrons. The van der Waals surface area contributed by atoms with Crippen molar-refractivity contribution in [1.29, 1.82) is 0 Å². The van der Waals surface area contributed by atoms with Crippen LogP contribution in [0.25, 0.3) is 17.0 Å². The first kappa shape index (κ1) is 19.4. The van der Waals surface area contributed by atoms with Gasteiger partial charge < -0.3 is 19.3 Å². The minimum absolute atomic E-state index is 0.158. The normalized spacial score (nSPS) is 19.8. The molecule has 2 heterocycles. The van der Waals surface area contributed by atoms with Gasteiger partial charge in [0, 0.05) is 22.6 Å². The number of phenolic OH excluding ortho intramolecular Hbond substituents is 1. The molecule has 5 nitrogen and oxygen atoms in total. The average Bonchev–Trinajstić information content (AvgIpc) is 2.73. The Balaban J connectivity index is 1.38. The van der Waals surface area contributed by atoms with Crippen LogP contribution in [0, 0.1) is 6.92 Å². The van der Waals surface area contributed by atoms with Crippen molar-refractivity contribution >= 4 is 17.0 Å². The summed E-state index contributed by atoms with van der Waals surface area (Å²) in [5.74, 6) is 0.158. The SMILES string of the molecule is Cc1c(O)ccc2c(C[NH+]3CC[NH+](C/C=C/c4ccccc4)CC3)cc(=O)oc12. The van der Waals surface area contributed by atoms with Crippen molar-refractivity contribution in [3.63, 3.8) is 0 Å². The molecule has 3 N–H and O–H groups in total. The number of piperazine rings is 1. The molecule has 1 aliphatic rings. The van der Waals surface area contributed by atoms with Gasteiger partial charge in [-0.05, 0) is 30.7 Å². The number of hydrogen-bond acceptors (Lipinski definition) is 3. The van der Waals surface area contributed by atoms with Gasteiger partial charge >= 0.3 is 5.63 Å². The molecule has 3 aromatic rings. The van der Waals surface area contributed by atoms with Crippen LogP contribution in [0.4, 0.5) is 0 Å². The Kier molecular flexibility index (Phi) is 5.79. The van der Waals surface area contributed by atoms with Gasteiger partial charge in [0.05, 0.1) is 6.54 Å². The number of benzene rings is 2. The van der Waals surface area contributed by atoms with E-state index in [1.807, 2.05) is 12.1 Å². The quantitative estimate of drug-likeness (QED) is 0.563. The van der Waals surface area contributed by atoms with Gasteiger partial charge in [0.1, 0.15) is 44.1 Å². The molecule has 0 unspecified atom stereocenters. The van der Waals surface area contributed by atoms with Gasteiger partial charge in [0.25, 0.3) is 0 Å². The lowest BCUT2D eigenvalue weighted by Gasteiger charge is -2.29. The first-order valence-corrected chi connectivity index (χ1v) is 10.2. The van der Waals surface area contributed by atoms with E-state index in [9.17, 15) is 9.90 Å². The molecule has 1 fully saturated rings.